The summed E-state index contributed by atoms with van der Waals surface area (Å²) in [6.07, 6.45) is 2.48. The highest BCUT2D eigenvalue weighted by molar-refractivity contribution is 7.90. The Morgan fingerprint density at radius 1 is 1.19 bits per heavy atom. The van der Waals surface area contributed by atoms with Gasteiger partial charge in [-0.3, -0.25) is 5.32 Å². The van der Waals surface area contributed by atoms with Crippen LogP contribution in [0.15, 0.2) is 35.6 Å². The third-order valence-electron chi connectivity index (χ3n) is 3.07. The Balaban J connectivity index is 1.81. The predicted molar refractivity (Wildman–Crippen MR) is 87.5 cm³/mol. The summed E-state index contributed by atoms with van der Waals surface area (Å²) in [5, 5.41) is 5.79. The molecule has 12 nitrogen and oxygen atoms in total. The Morgan fingerprint density at radius 3 is 2.54 bits per heavy atom. The van der Waals surface area contributed by atoms with Crippen LogP contribution in [0.4, 0.5) is 10.7 Å². The SMILES string of the molecule is COc1cc(OC)nc(NC(=O)NS(=O)(=O)c2cnc3cccnn23)n1. The highest BCUT2D eigenvalue weighted by Crippen LogP contribution is 2.17. The Hall–Kier alpha value is -3.48. The Kier molecular flexibility index (Phi) is 4.53. The summed E-state index contributed by atoms with van der Waals surface area (Å²) in [5.74, 6) is 0.0483. The minimum atomic E-state index is -4.24. The van der Waals surface area contributed by atoms with E-state index in [4.69, 9.17) is 9.47 Å². The molecule has 3 rings (SSSR count). The maximum Gasteiger partial charge on any atom is 0.335 e. The van der Waals surface area contributed by atoms with E-state index in [1.165, 1.54) is 26.5 Å². The first kappa shape index (κ1) is 17.3. The first-order chi connectivity index (χ1) is 12.4. The zero-order chi connectivity index (χ0) is 18.7. The lowest BCUT2D eigenvalue weighted by molar-refractivity contribution is 0.256. The van der Waals surface area contributed by atoms with Gasteiger partial charge in [-0.1, -0.05) is 0 Å². The molecule has 0 atom stereocenters. The van der Waals surface area contributed by atoms with Crippen molar-refractivity contribution in [3.63, 3.8) is 0 Å². The van der Waals surface area contributed by atoms with Crippen LogP contribution in [-0.4, -0.2) is 53.2 Å². The molecule has 0 saturated heterocycles. The van der Waals surface area contributed by atoms with Crippen molar-refractivity contribution in [2.45, 2.75) is 5.03 Å². The molecule has 0 fully saturated rings. The number of aromatic nitrogens is 5. The molecule has 0 saturated carbocycles. The molecule has 0 radical (unpaired) electrons. The molecule has 0 aliphatic rings. The molecule has 3 aromatic rings. The lowest BCUT2D eigenvalue weighted by atomic mass is 10.6. The summed E-state index contributed by atoms with van der Waals surface area (Å²) >= 11 is 0. The van der Waals surface area contributed by atoms with E-state index in [1.807, 2.05) is 4.72 Å². The van der Waals surface area contributed by atoms with Crippen molar-refractivity contribution in [1.82, 2.24) is 29.3 Å². The Morgan fingerprint density at radius 2 is 1.88 bits per heavy atom. The number of ether oxygens (including phenoxy) is 2. The number of imidazole rings is 1. The molecular formula is C13H13N7O5S. The van der Waals surface area contributed by atoms with Crippen molar-refractivity contribution in [3.8, 4) is 11.8 Å². The van der Waals surface area contributed by atoms with E-state index in [9.17, 15) is 13.2 Å². The van der Waals surface area contributed by atoms with Crippen LogP contribution in [0.5, 0.6) is 11.8 Å². The van der Waals surface area contributed by atoms with Gasteiger partial charge in [-0.2, -0.15) is 23.5 Å². The summed E-state index contributed by atoms with van der Waals surface area (Å²) < 4.78 is 37.6. The lowest BCUT2D eigenvalue weighted by Crippen LogP contribution is -2.35. The summed E-state index contributed by atoms with van der Waals surface area (Å²) in [6, 6.07) is 3.49. The molecule has 0 unspecified atom stereocenters. The topological polar surface area (TPSA) is 150 Å². The minimum Gasteiger partial charge on any atom is -0.481 e. The zero-order valence-corrected chi connectivity index (χ0v) is 14.4. The molecule has 0 aliphatic carbocycles. The second-order valence-electron chi connectivity index (χ2n) is 4.73. The van der Waals surface area contributed by atoms with Crippen molar-refractivity contribution in [2.24, 2.45) is 0 Å². The van der Waals surface area contributed by atoms with E-state index in [-0.39, 0.29) is 22.7 Å². The molecule has 0 bridgehead atoms. The van der Waals surface area contributed by atoms with E-state index in [0.717, 1.165) is 10.7 Å². The fraction of sp³-hybridized carbons (Fsp3) is 0.154. The van der Waals surface area contributed by atoms with Crippen LogP contribution < -0.4 is 19.5 Å². The van der Waals surface area contributed by atoms with Gasteiger partial charge in [-0.05, 0) is 12.1 Å². The van der Waals surface area contributed by atoms with Crippen molar-refractivity contribution >= 4 is 27.6 Å². The number of fused-ring (bicyclic) bond motifs is 1. The van der Waals surface area contributed by atoms with Gasteiger partial charge in [0.2, 0.25) is 17.7 Å². The minimum absolute atomic E-state index is 0.126. The van der Waals surface area contributed by atoms with Crippen molar-refractivity contribution in [1.29, 1.82) is 0 Å². The molecule has 13 heteroatoms. The third-order valence-corrected chi connectivity index (χ3v) is 4.35. The molecule has 136 valence electrons. The van der Waals surface area contributed by atoms with Crippen LogP contribution >= 0.6 is 0 Å². The number of carbonyl (C=O) groups excluding carboxylic acids is 1. The highest BCUT2D eigenvalue weighted by Gasteiger charge is 2.23. The molecule has 0 spiro atoms. The molecular weight excluding hydrogens is 366 g/mol. The molecule has 3 heterocycles. The maximum atomic E-state index is 12.4. The number of amides is 2. The van der Waals surface area contributed by atoms with Gasteiger partial charge < -0.3 is 9.47 Å². The van der Waals surface area contributed by atoms with Crippen molar-refractivity contribution in [3.05, 3.63) is 30.6 Å². The molecule has 0 aromatic carbocycles. The largest absolute Gasteiger partial charge is 0.481 e. The molecule has 2 N–H and O–H groups in total. The van der Waals surface area contributed by atoms with Crippen molar-refractivity contribution in [2.75, 3.05) is 19.5 Å². The van der Waals surface area contributed by atoms with Crippen LogP contribution in [-0.2, 0) is 10.0 Å². The normalized spacial score (nSPS) is 11.2. The van der Waals surface area contributed by atoms with Gasteiger partial charge in [0.25, 0.3) is 10.0 Å². The van der Waals surface area contributed by atoms with E-state index in [1.54, 1.807) is 12.1 Å². The summed E-state index contributed by atoms with van der Waals surface area (Å²) in [7, 11) is -1.50. The van der Waals surface area contributed by atoms with E-state index < -0.39 is 16.1 Å². The second-order valence-corrected chi connectivity index (χ2v) is 6.36. The van der Waals surface area contributed by atoms with Gasteiger partial charge in [0.15, 0.2) is 10.7 Å². The quantitative estimate of drug-likeness (QED) is 0.626. The Labute approximate surface area is 147 Å². The summed E-state index contributed by atoms with van der Waals surface area (Å²) in [5.41, 5.74) is 0.314. The summed E-state index contributed by atoms with van der Waals surface area (Å²) in [6.45, 7) is 0. The molecule has 0 aliphatic heterocycles. The van der Waals surface area contributed by atoms with E-state index in [0.29, 0.717) is 5.65 Å². The van der Waals surface area contributed by atoms with Crippen LogP contribution in [0.3, 0.4) is 0 Å². The highest BCUT2D eigenvalue weighted by atomic mass is 32.2. The van der Waals surface area contributed by atoms with Gasteiger partial charge in [0.1, 0.15) is 0 Å². The standard InChI is InChI=1S/C13H13N7O5S/c1-24-9-6-10(25-2)17-12(16-9)18-13(21)19-26(22,23)11-7-14-8-4-3-5-15-20(8)11/h3-7H,1-2H3,(H2,16,17,18,19,21). The molecule has 26 heavy (non-hydrogen) atoms. The van der Waals surface area contributed by atoms with E-state index >= 15 is 0 Å². The fourth-order valence-corrected chi connectivity index (χ4v) is 2.92. The lowest BCUT2D eigenvalue weighted by Gasteiger charge is -2.09. The number of rotatable bonds is 5. The van der Waals surface area contributed by atoms with Gasteiger partial charge in [0.05, 0.1) is 26.5 Å². The molecule has 3 aromatic heterocycles. The van der Waals surface area contributed by atoms with Crippen LogP contribution in [0.1, 0.15) is 0 Å². The Bertz CT molecular complexity index is 1040. The van der Waals surface area contributed by atoms with Crippen LogP contribution in [0.25, 0.3) is 5.65 Å². The number of hydrogen-bond donors (Lipinski definition) is 2. The number of methoxy groups -OCH3 is 2. The fourth-order valence-electron chi connectivity index (χ4n) is 1.96. The summed E-state index contributed by atoms with van der Waals surface area (Å²) in [4.78, 5) is 23.7. The number of hydrogen-bond acceptors (Lipinski definition) is 9. The zero-order valence-electron chi connectivity index (χ0n) is 13.6. The van der Waals surface area contributed by atoms with Gasteiger partial charge in [-0.15, -0.1) is 0 Å². The van der Waals surface area contributed by atoms with Crippen LogP contribution in [0, 0.1) is 0 Å². The van der Waals surface area contributed by atoms with E-state index in [2.05, 4.69) is 25.4 Å². The van der Waals surface area contributed by atoms with Gasteiger partial charge >= 0.3 is 6.03 Å². The number of sulfonamides is 1. The maximum absolute atomic E-state index is 12.4. The monoisotopic (exact) mass is 379 g/mol. The average molecular weight is 379 g/mol. The first-order valence-electron chi connectivity index (χ1n) is 7.02. The van der Waals surface area contributed by atoms with Gasteiger partial charge in [-0.25, -0.2) is 19.0 Å². The number of urea groups is 1. The second kappa shape index (κ2) is 6.79. The van der Waals surface area contributed by atoms with Crippen LogP contribution in [0.2, 0.25) is 0 Å². The number of nitrogens with one attached hydrogen (secondary N) is 2. The average Bonchev–Trinajstić information content (AvgIpc) is 3.05. The molecule has 2 amide bonds. The smallest absolute Gasteiger partial charge is 0.335 e. The third kappa shape index (κ3) is 3.46. The van der Waals surface area contributed by atoms with Gasteiger partial charge in [0, 0.05) is 6.20 Å². The van der Waals surface area contributed by atoms with Crippen molar-refractivity contribution < 1.29 is 22.7 Å². The first-order valence-corrected chi connectivity index (χ1v) is 8.51. The number of nitrogens with zero attached hydrogens (tertiary/aromatic N) is 5. The number of carbonyl (C=O) groups is 1. The predicted octanol–water partition coefficient (Wildman–Crippen LogP) is 0.0469. The number of anilines is 1.